The van der Waals surface area contributed by atoms with Crippen molar-refractivity contribution in [1.29, 1.82) is 0 Å². The van der Waals surface area contributed by atoms with E-state index in [2.05, 4.69) is 5.32 Å². The molecule has 2 heterocycles. The summed E-state index contributed by atoms with van der Waals surface area (Å²) >= 11 is 0. The van der Waals surface area contributed by atoms with Crippen molar-refractivity contribution >= 4 is 17.2 Å². The summed E-state index contributed by atoms with van der Waals surface area (Å²) in [5.74, 6) is -0.392. The Bertz CT molecular complexity index is 1190. The van der Waals surface area contributed by atoms with Crippen LogP contribution < -0.4 is 10.1 Å². The third-order valence-corrected chi connectivity index (χ3v) is 5.12. The standard InChI is InChI=1S/C26H24N2O3/c1-2-31-22-13-11-20(12-14-22)23-18-21-10-6-7-17-28(21)24(23)25(29)26(30)27-16-15-19-8-4-3-5-9-19/h3-14,17-18H,2,15-16H2,1H3,(H,27,30). The van der Waals surface area contributed by atoms with E-state index in [1.54, 1.807) is 10.6 Å². The first kappa shape index (κ1) is 20.4. The first-order valence-corrected chi connectivity index (χ1v) is 10.4. The fraction of sp³-hybridized carbons (Fsp3) is 0.154. The quantitative estimate of drug-likeness (QED) is 0.341. The molecule has 1 N–H and O–H groups in total. The van der Waals surface area contributed by atoms with Gasteiger partial charge in [-0.05, 0) is 54.8 Å². The summed E-state index contributed by atoms with van der Waals surface area (Å²) in [6.45, 7) is 2.92. The van der Waals surface area contributed by atoms with Crippen molar-refractivity contribution in [1.82, 2.24) is 9.72 Å². The molecule has 0 unspecified atom stereocenters. The van der Waals surface area contributed by atoms with Gasteiger partial charge in [-0.3, -0.25) is 9.59 Å². The summed E-state index contributed by atoms with van der Waals surface area (Å²) < 4.78 is 7.28. The lowest BCUT2D eigenvalue weighted by Gasteiger charge is -2.09. The van der Waals surface area contributed by atoms with Gasteiger partial charge >= 0.3 is 0 Å². The maximum Gasteiger partial charge on any atom is 0.294 e. The number of nitrogens with one attached hydrogen (secondary N) is 1. The number of aromatic nitrogens is 1. The number of fused-ring (bicyclic) bond motifs is 1. The summed E-state index contributed by atoms with van der Waals surface area (Å²) in [5, 5.41) is 2.77. The third-order valence-electron chi connectivity index (χ3n) is 5.12. The number of Topliss-reactive ketones (excluding diaryl/α,β-unsaturated/α-hetero) is 1. The predicted octanol–water partition coefficient (Wildman–Crippen LogP) is 4.55. The summed E-state index contributed by atoms with van der Waals surface area (Å²) in [6.07, 6.45) is 2.47. The minimum atomic E-state index is -0.605. The monoisotopic (exact) mass is 412 g/mol. The summed E-state index contributed by atoms with van der Waals surface area (Å²) in [7, 11) is 0. The number of rotatable bonds is 8. The van der Waals surface area contributed by atoms with Crippen LogP contribution in [0.4, 0.5) is 0 Å². The smallest absolute Gasteiger partial charge is 0.294 e. The van der Waals surface area contributed by atoms with Crippen LogP contribution in [-0.4, -0.2) is 29.2 Å². The molecule has 0 fully saturated rings. The fourth-order valence-electron chi connectivity index (χ4n) is 3.63. The predicted molar refractivity (Wildman–Crippen MR) is 121 cm³/mol. The number of carbonyl (C=O) groups excluding carboxylic acids is 2. The van der Waals surface area contributed by atoms with Gasteiger partial charge in [0, 0.05) is 23.8 Å². The van der Waals surface area contributed by atoms with Crippen LogP contribution in [0, 0.1) is 0 Å². The molecule has 4 aromatic rings. The van der Waals surface area contributed by atoms with Crippen LogP contribution in [0.2, 0.25) is 0 Å². The molecule has 2 aromatic carbocycles. The summed E-state index contributed by atoms with van der Waals surface area (Å²) in [6, 6.07) is 25.0. The van der Waals surface area contributed by atoms with E-state index in [0.717, 1.165) is 28.0 Å². The highest BCUT2D eigenvalue weighted by molar-refractivity contribution is 6.43. The Hall–Kier alpha value is -3.86. The topological polar surface area (TPSA) is 59.8 Å². The lowest BCUT2D eigenvalue weighted by molar-refractivity contribution is -0.117. The molecular weight excluding hydrogens is 388 g/mol. The van der Waals surface area contributed by atoms with Crippen LogP contribution in [0.5, 0.6) is 5.75 Å². The second kappa shape index (κ2) is 9.30. The molecule has 0 spiro atoms. The number of benzene rings is 2. The van der Waals surface area contributed by atoms with Gasteiger partial charge in [-0.1, -0.05) is 48.5 Å². The molecule has 2 aromatic heterocycles. The Morgan fingerprint density at radius 3 is 2.42 bits per heavy atom. The largest absolute Gasteiger partial charge is 0.494 e. The van der Waals surface area contributed by atoms with Crippen molar-refractivity contribution in [2.45, 2.75) is 13.3 Å². The molecule has 156 valence electrons. The minimum absolute atomic E-state index is 0.358. The van der Waals surface area contributed by atoms with E-state index in [1.165, 1.54) is 0 Å². The average Bonchev–Trinajstić information content (AvgIpc) is 3.19. The normalized spacial score (nSPS) is 10.7. The van der Waals surface area contributed by atoms with Crippen molar-refractivity contribution in [2.75, 3.05) is 13.2 Å². The van der Waals surface area contributed by atoms with Crippen LogP contribution in [0.15, 0.2) is 85.1 Å². The third kappa shape index (κ3) is 4.51. The molecule has 0 radical (unpaired) electrons. The van der Waals surface area contributed by atoms with Crippen molar-refractivity contribution < 1.29 is 14.3 Å². The molecule has 1 amide bonds. The van der Waals surface area contributed by atoms with E-state index in [0.29, 0.717) is 25.3 Å². The Kier molecular flexibility index (Phi) is 6.13. The van der Waals surface area contributed by atoms with Crippen LogP contribution >= 0.6 is 0 Å². The highest BCUT2D eigenvalue weighted by Crippen LogP contribution is 2.29. The van der Waals surface area contributed by atoms with Crippen molar-refractivity contribution in [3.63, 3.8) is 0 Å². The Morgan fingerprint density at radius 1 is 0.935 bits per heavy atom. The van der Waals surface area contributed by atoms with Gasteiger partial charge in [0.2, 0.25) is 0 Å². The first-order chi connectivity index (χ1) is 15.2. The Labute approximate surface area is 181 Å². The van der Waals surface area contributed by atoms with Crippen LogP contribution in [-0.2, 0) is 11.2 Å². The van der Waals surface area contributed by atoms with Crippen molar-refractivity contribution in [3.8, 4) is 16.9 Å². The fourth-order valence-corrected chi connectivity index (χ4v) is 3.63. The number of hydrogen-bond donors (Lipinski definition) is 1. The zero-order valence-electron chi connectivity index (χ0n) is 17.4. The van der Waals surface area contributed by atoms with E-state index in [9.17, 15) is 9.59 Å². The zero-order chi connectivity index (χ0) is 21.6. The van der Waals surface area contributed by atoms with Crippen molar-refractivity contribution in [2.24, 2.45) is 0 Å². The molecule has 0 bridgehead atoms. The lowest BCUT2D eigenvalue weighted by Crippen LogP contribution is -2.33. The molecule has 0 aliphatic carbocycles. The number of ether oxygens (including phenoxy) is 1. The van der Waals surface area contributed by atoms with Gasteiger partial charge < -0.3 is 14.5 Å². The lowest BCUT2D eigenvalue weighted by atomic mass is 10.0. The molecule has 0 atom stereocenters. The van der Waals surface area contributed by atoms with Gasteiger partial charge in [-0.2, -0.15) is 0 Å². The average molecular weight is 412 g/mol. The van der Waals surface area contributed by atoms with Gasteiger partial charge in [0.05, 0.1) is 6.61 Å². The van der Waals surface area contributed by atoms with Gasteiger partial charge in [-0.15, -0.1) is 0 Å². The van der Waals surface area contributed by atoms with Gasteiger partial charge in [0.1, 0.15) is 11.4 Å². The molecule has 0 saturated heterocycles. The molecule has 31 heavy (non-hydrogen) atoms. The SMILES string of the molecule is CCOc1ccc(-c2cc3ccccn3c2C(=O)C(=O)NCCc2ccccc2)cc1. The molecule has 0 aliphatic heterocycles. The summed E-state index contributed by atoms with van der Waals surface area (Å²) in [4.78, 5) is 25.9. The molecule has 4 rings (SSSR count). The van der Waals surface area contributed by atoms with E-state index in [1.807, 2.05) is 85.8 Å². The van der Waals surface area contributed by atoms with Gasteiger partial charge in [0.25, 0.3) is 11.7 Å². The minimum Gasteiger partial charge on any atom is -0.494 e. The molecule has 0 saturated carbocycles. The van der Waals surface area contributed by atoms with Gasteiger partial charge in [-0.25, -0.2) is 0 Å². The van der Waals surface area contributed by atoms with E-state index in [4.69, 9.17) is 4.74 Å². The number of nitrogens with zero attached hydrogens (tertiary/aromatic N) is 1. The second-order valence-corrected chi connectivity index (χ2v) is 7.18. The van der Waals surface area contributed by atoms with Crippen LogP contribution in [0.25, 0.3) is 16.6 Å². The van der Waals surface area contributed by atoms with E-state index < -0.39 is 11.7 Å². The first-order valence-electron chi connectivity index (χ1n) is 10.4. The number of carbonyl (C=O) groups is 2. The van der Waals surface area contributed by atoms with E-state index >= 15 is 0 Å². The van der Waals surface area contributed by atoms with Crippen LogP contribution in [0.3, 0.4) is 0 Å². The zero-order valence-corrected chi connectivity index (χ0v) is 17.4. The highest BCUT2D eigenvalue weighted by atomic mass is 16.5. The molecular formula is C26H24N2O3. The molecule has 0 aliphatic rings. The molecule has 5 nitrogen and oxygen atoms in total. The Morgan fingerprint density at radius 2 is 1.68 bits per heavy atom. The second-order valence-electron chi connectivity index (χ2n) is 7.18. The Balaban J connectivity index is 1.60. The maximum absolute atomic E-state index is 13.2. The summed E-state index contributed by atoms with van der Waals surface area (Å²) in [5.41, 5.74) is 3.90. The molecule has 5 heteroatoms. The maximum atomic E-state index is 13.2. The van der Waals surface area contributed by atoms with Crippen LogP contribution in [0.1, 0.15) is 23.0 Å². The van der Waals surface area contributed by atoms with E-state index in [-0.39, 0.29) is 0 Å². The van der Waals surface area contributed by atoms with Crippen molar-refractivity contribution in [3.05, 3.63) is 96.3 Å². The number of hydrogen-bond acceptors (Lipinski definition) is 3. The number of pyridine rings is 1. The highest BCUT2D eigenvalue weighted by Gasteiger charge is 2.24. The number of ketones is 1. The van der Waals surface area contributed by atoms with Gasteiger partial charge in [0.15, 0.2) is 0 Å². The number of amides is 1.